The summed E-state index contributed by atoms with van der Waals surface area (Å²) in [4.78, 5) is 31.8. The number of hydrogen-bond acceptors (Lipinski definition) is 5. The Balaban J connectivity index is 1.34. The van der Waals surface area contributed by atoms with Gasteiger partial charge in [-0.3, -0.25) is 14.2 Å². The SMILES string of the molecule is Cn1cc(/C=N/NC(=O)Cn2cnc3sc4c(c3c2=O)CCCC4)c2ccccc21. The monoisotopic (exact) mass is 419 g/mol. The summed E-state index contributed by atoms with van der Waals surface area (Å²) in [5.74, 6) is -0.362. The molecule has 3 heterocycles. The van der Waals surface area contributed by atoms with Gasteiger partial charge in [0.05, 0.1) is 17.9 Å². The number of thiophene rings is 1. The number of nitrogens with one attached hydrogen (secondary N) is 1. The van der Waals surface area contributed by atoms with Crippen LogP contribution in [-0.4, -0.2) is 26.2 Å². The summed E-state index contributed by atoms with van der Waals surface area (Å²) in [6, 6.07) is 8.00. The molecule has 5 rings (SSSR count). The van der Waals surface area contributed by atoms with E-state index in [9.17, 15) is 9.59 Å². The van der Waals surface area contributed by atoms with Gasteiger partial charge in [0.1, 0.15) is 11.4 Å². The molecule has 0 saturated heterocycles. The van der Waals surface area contributed by atoms with Gasteiger partial charge < -0.3 is 4.57 Å². The first kappa shape index (κ1) is 18.7. The van der Waals surface area contributed by atoms with Gasteiger partial charge >= 0.3 is 0 Å². The van der Waals surface area contributed by atoms with Crippen molar-refractivity contribution >= 4 is 44.6 Å². The van der Waals surface area contributed by atoms with Crippen molar-refractivity contribution in [3.63, 3.8) is 0 Å². The van der Waals surface area contributed by atoms with Crippen LogP contribution in [0.25, 0.3) is 21.1 Å². The Bertz CT molecular complexity index is 1360. The molecule has 152 valence electrons. The molecule has 3 aromatic heterocycles. The number of para-hydroxylation sites is 1. The molecule has 1 aliphatic carbocycles. The van der Waals surface area contributed by atoms with Crippen LogP contribution in [0.5, 0.6) is 0 Å². The molecule has 1 aromatic carbocycles. The molecular formula is C22H21N5O2S. The van der Waals surface area contributed by atoms with E-state index in [2.05, 4.69) is 15.5 Å². The second kappa shape index (κ2) is 7.53. The maximum absolute atomic E-state index is 12.9. The van der Waals surface area contributed by atoms with Gasteiger partial charge in [0.25, 0.3) is 11.5 Å². The van der Waals surface area contributed by atoms with Crippen LogP contribution in [0.4, 0.5) is 0 Å². The Morgan fingerprint density at radius 2 is 2.13 bits per heavy atom. The largest absolute Gasteiger partial charge is 0.350 e. The molecule has 0 aliphatic heterocycles. The van der Waals surface area contributed by atoms with E-state index >= 15 is 0 Å². The zero-order valence-electron chi connectivity index (χ0n) is 16.6. The molecule has 0 fully saturated rings. The van der Waals surface area contributed by atoms with E-state index in [4.69, 9.17) is 0 Å². The molecule has 4 aromatic rings. The quantitative estimate of drug-likeness (QED) is 0.408. The van der Waals surface area contributed by atoms with Gasteiger partial charge in [-0.1, -0.05) is 18.2 Å². The second-order valence-corrected chi connectivity index (χ2v) is 8.66. The highest BCUT2D eigenvalue weighted by Crippen LogP contribution is 2.33. The maximum Gasteiger partial charge on any atom is 0.262 e. The molecule has 0 atom stereocenters. The molecule has 0 unspecified atom stereocenters. The van der Waals surface area contributed by atoms with Crippen LogP contribution in [0.15, 0.2) is 46.7 Å². The van der Waals surface area contributed by atoms with E-state index in [1.54, 1.807) is 17.6 Å². The molecule has 0 spiro atoms. The van der Waals surface area contributed by atoms with Gasteiger partial charge in [-0.25, -0.2) is 10.4 Å². The number of amides is 1. The first-order chi connectivity index (χ1) is 14.6. The predicted molar refractivity (Wildman–Crippen MR) is 119 cm³/mol. The topological polar surface area (TPSA) is 81.3 Å². The number of fused-ring (bicyclic) bond motifs is 4. The Morgan fingerprint density at radius 3 is 3.03 bits per heavy atom. The third-order valence-corrected chi connectivity index (χ3v) is 6.78. The smallest absolute Gasteiger partial charge is 0.262 e. The Hall–Kier alpha value is -3.26. The summed E-state index contributed by atoms with van der Waals surface area (Å²) in [5.41, 5.74) is 5.51. The summed E-state index contributed by atoms with van der Waals surface area (Å²) < 4.78 is 3.38. The lowest BCUT2D eigenvalue weighted by molar-refractivity contribution is -0.121. The minimum absolute atomic E-state index is 0.112. The Morgan fingerprint density at radius 1 is 1.30 bits per heavy atom. The van der Waals surface area contributed by atoms with Gasteiger partial charge in [0, 0.05) is 34.6 Å². The van der Waals surface area contributed by atoms with Crippen LogP contribution in [-0.2, 0) is 31.2 Å². The highest BCUT2D eigenvalue weighted by molar-refractivity contribution is 7.18. The molecule has 0 radical (unpaired) electrons. The number of benzene rings is 1. The molecule has 30 heavy (non-hydrogen) atoms. The third-order valence-electron chi connectivity index (χ3n) is 5.58. The van der Waals surface area contributed by atoms with Crippen LogP contribution in [0.3, 0.4) is 0 Å². The summed E-state index contributed by atoms with van der Waals surface area (Å²) >= 11 is 1.61. The number of hydrogen-bond donors (Lipinski definition) is 1. The summed E-state index contributed by atoms with van der Waals surface area (Å²) in [7, 11) is 1.97. The van der Waals surface area contributed by atoms with Crippen molar-refractivity contribution < 1.29 is 4.79 Å². The highest BCUT2D eigenvalue weighted by Gasteiger charge is 2.20. The molecule has 1 amide bonds. The van der Waals surface area contributed by atoms with Gasteiger partial charge in [0.2, 0.25) is 0 Å². The standard InChI is InChI=1S/C22H21N5O2S/c1-26-11-14(15-6-2-4-8-17(15)26)10-24-25-19(28)12-27-13-23-21-20(22(27)29)16-7-3-5-9-18(16)30-21/h2,4,6,8,10-11,13H,3,5,7,9,12H2,1H3,(H,25,28)/b24-10+. The molecule has 0 saturated carbocycles. The zero-order chi connectivity index (χ0) is 20.7. The Kier molecular flexibility index (Phi) is 4.71. The molecule has 0 bridgehead atoms. The van der Waals surface area contributed by atoms with Crippen molar-refractivity contribution in [2.75, 3.05) is 0 Å². The number of rotatable bonds is 4. The van der Waals surface area contributed by atoms with Gasteiger partial charge in [-0.15, -0.1) is 11.3 Å². The minimum Gasteiger partial charge on any atom is -0.350 e. The maximum atomic E-state index is 12.9. The van der Waals surface area contributed by atoms with E-state index in [0.29, 0.717) is 5.39 Å². The fourth-order valence-corrected chi connectivity index (χ4v) is 5.35. The normalized spacial score (nSPS) is 13.9. The minimum atomic E-state index is -0.362. The lowest BCUT2D eigenvalue weighted by Crippen LogP contribution is -2.30. The van der Waals surface area contributed by atoms with Crippen LogP contribution in [0.2, 0.25) is 0 Å². The van der Waals surface area contributed by atoms with E-state index in [0.717, 1.165) is 52.5 Å². The molecule has 1 N–H and O–H groups in total. The van der Waals surface area contributed by atoms with Crippen molar-refractivity contribution in [1.29, 1.82) is 0 Å². The average molecular weight is 420 g/mol. The van der Waals surface area contributed by atoms with Gasteiger partial charge in [0.15, 0.2) is 0 Å². The second-order valence-electron chi connectivity index (χ2n) is 7.57. The fourth-order valence-electron chi connectivity index (χ4n) is 4.13. The van der Waals surface area contributed by atoms with Crippen LogP contribution >= 0.6 is 11.3 Å². The number of nitrogens with zero attached hydrogens (tertiary/aromatic N) is 4. The van der Waals surface area contributed by atoms with Crippen molar-refractivity contribution in [2.45, 2.75) is 32.2 Å². The van der Waals surface area contributed by atoms with E-state index < -0.39 is 0 Å². The van der Waals surface area contributed by atoms with Crippen LogP contribution in [0.1, 0.15) is 28.8 Å². The summed E-state index contributed by atoms with van der Waals surface area (Å²) in [5, 5.41) is 5.83. The Labute approximate surface area is 176 Å². The van der Waals surface area contributed by atoms with E-state index in [1.165, 1.54) is 15.8 Å². The molecule has 8 heteroatoms. The van der Waals surface area contributed by atoms with Crippen molar-refractivity contribution in [1.82, 2.24) is 19.5 Å². The lowest BCUT2D eigenvalue weighted by Gasteiger charge is -2.10. The van der Waals surface area contributed by atoms with Crippen molar-refractivity contribution in [3.05, 3.63) is 63.1 Å². The summed E-state index contributed by atoms with van der Waals surface area (Å²) in [6.45, 7) is -0.112. The molecule has 7 nitrogen and oxygen atoms in total. The summed E-state index contributed by atoms with van der Waals surface area (Å²) in [6.07, 6.45) is 9.22. The van der Waals surface area contributed by atoms with Crippen LogP contribution in [0, 0.1) is 0 Å². The molecule has 1 aliphatic rings. The first-order valence-electron chi connectivity index (χ1n) is 9.97. The van der Waals surface area contributed by atoms with Crippen molar-refractivity contribution in [3.8, 4) is 0 Å². The predicted octanol–water partition coefficient (Wildman–Crippen LogP) is 2.98. The number of hydrazone groups is 1. The van der Waals surface area contributed by atoms with E-state index in [-0.39, 0.29) is 18.0 Å². The van der Waals surface area contributed by atoms with Gasteiger partial charge in [-0.2, -0.15) is 5.10 Å². The first-order valence-corrected chi connectivity index (χ1v) is 10.8. The third kappa shape index (κ3) is 3.23. The number of aryl methyl sites for hydroxylation is 3. The number of carbonyl (C=O) groups is 1. The fraction of sp³-hybridized carbons (Fsp3) is 0.273. The van der Waals surface area contributed by atoms with Crippen LogP contribution < -0.4 is 11.0 Å². The average Bonchev–Trinajstić information content (AvgIpc) is 3.29. The molecular weight excluding hydrogens is 398 g/mol. The highest BCUT2D eigenvalue weighted by atomic mass is 32.1. The lowest BCUT2D eigenvalue weighted by atomic mass is 9.97. The van der Waals surface area contributed by atoms with E-state index in [1.807, 2.05) is 42.1 Å². The number of aromatic nitrogens is 3. The number of carbonyl (C=O) groups excluding carboxylic acids is 1. The van der Waals surface area contributed by atoms with Gasteiger partial charge in [-0.05, 0) is 37.3 Å². The van der Waals surface area contributed by atoms with Crippen molar-refractivity contribution in [2.24, 2.45) is 12.1 Å². The zero-order valence-corrected chi connectivity index (χ0v) is 17.4.